The van der Waals surface area contributed by atoms with Crippen LogP contribution in [0.4, 0.5) is 4.39 Å². The Morgan fingerprint density at radius 2 is 2.31 bits per heavy atom. The van der Waals surface area contributed by atoms with E-state index in [0.717, 1.165) is 5.56 Å². The van der Waals surface area contributed by atoms with Crippen molar-refractivity contribution in [1.82, 2.24) is 5.32 Å². The van der Waals surface area contributed by atoms with E-state index >= 15 is 0 Å². The minimum atomic E-state index is -0.251. The lowest BCUT2D eigenvalue weighted by atomic mass is 10.1. The Bertz CT molecular complexity index is 355. The molecule has 0 heterocycles. The number of methoxy groups -OCH3 is 1. The largest absolute Gasteiger partial charge is 0.469 e. The van der Waals surface area contributed by atoms with Gasteiger partial charge < -0.3 is 10.1 Å². The average Bonchev–Trinajstić information content (AvgIpc) is 2.28. The van der Waals surface area contributed by atoms with Gasteiger partial charge in [-0.3, -0.25) is 4.79 Å². The lowest BCUT2D eigenvalue weighted by Gasteiger charge is -2.13. The molecular weight excluding hydrogens is 209 g/mol. The van der Waals surface area contributed by atoms with E-state index in [1.54, 1.807) is 6.07 Å². The number of benzene rings is 1. The van der Waals surface area contributed by atoms with E-state index < -0.39 is 0 Å². The molecule has 0 aliphatic heterocycles. The molecule has 0 spiro atoms. The number of esters is 1. The number of hydrogen-bond acceptors (Lipinski definition) is 3. The quantitative estimate of drug-likeness (QED) is 0.779. The third-order valence-electron chi connectivity index (χ3n) is 2.36. The first-order valence-corrected chi connectivity index (χ1v) is 5.19. The van der Waals surface area contributed by atoms with Crippen LogP contribution in [-0.4, -0.2) is 19.6 Å². The molecule has 0 unspecified atom stereocenters. The summed E-state index contributed by atoms with van der Waals surface area (Å²) in [5, 5.41) is 3.12. The molecule has 1 aromatic carbocycles. The van der Waals surface area contributed by atoms with Gasteiger partial charge >= 0.3 is 5.97 Å². The second-order valence-corrected chi connectivity index (χ2v) is 3.56. The highest BCUT2D eigenvalue weighted by Gasteiger charge is 2.06. The lowest BCUT2D eigenvalue weighted by Crippen LogP contribution is -2.22. The fourth-order valence-corrected chi connectivity index (χ4v) is 1.39. The fourth-order valence-electron chi connectivity index (χ4n) is 1.39. The molecule has 1 atom stereocenters. The summed E-state index contributed by atoms with van der Waals surface area (Å²) < 4.78 is 17.4. The molecule has 0 amide bonds. The zero-order valence-electron chi connectivity index (χ0n) is 9.50. The van der Waals surface area contributed by atoms with E-state index in [9.17, 15) is 9.18 Å². The van der Waals surface area contributed by atoms with Crippen molar-refractivity contribution in [2.75, 3.05) is 13.7 Å². The van der Waals surface area contributed by atoms with Gasteiger partial charge in [0.25, 0.3) is 0 Å². The van der Waals surface area contributed by atoms with Crippen molar-refractivity contribution in [3.05, 3.63) is 35.6 Å². The molecule has 1 aromatic rings. The second-order valence-electron chi connectivity index (χ2n) is 3.56. The van der Waals surface area contributed by atoms with Gasteiger partial charge in [0.2, 0.25) is 0 Å². The topological polar surface area (TPSA) is 38.3 Å². The molecule has 0 aromatic heterocycles. The van der Waals surface area contributed by atoms with Crippen molar-refractivity contribution in [2.24, 2.45) is 0 Å². The Balaban J connectivity index is 2.40. The molecule has 16 heavy (non-hydrogen) atoms. The summed E-state index contributed by atoms with van der Waals surface area (Å²) in [6.07, 6.45) is 0.316. The van der Waals surface area contributed by atoms with E-state index in [1.807, 2.05) is 13.0 Å². The van der Waals surface area contributed by atoms with Crippen molar-refractivity contribution >= 4 is 5.97 Å². The normalized spacial score (nSPS) is 12.2. The van der Waals surface area contributed by atoms with Crippen molar-refractivity contribution in [3.8, 4) is 0 Å². The molecule has 0 fully saturated rings. The average molecular weight is 225 g/mol. The highest BCUT2D eigenvalue weighted by atomic mass is 19.1. The number of nitrogens with one attached hydrogen (secondary N) is 1. The maximum Gasteiger partial charge on any atom is 0.306 e. The maximum absolute atomic E-state index is 12.9. The van der Waals surface area contributed by atoms with Crippen LogP contribution in [0.1, 0.15) is 24.9 Å². The van der Waals surface area contributed by atoms with Crippen LogP contribution in [0.15, 0.2) is 24.3 Å². The van der Waals surface area contributed by atoms with Crippen LogP contribution in [-0.2, 0) is 9.53 Å². The molecule has 1 N–H and O–H groups in total. The fraction of sp³-hybridized carbons (Fsp3) is 0.417. The predicted octanol–water partition coefficient (Wildman–Crippen LogP) is 2.04. The van der Waals surface area contributed by atoms with Gasteiger partial charge in [-0.05, 0) is 24.6 Å². The first kappa shape index (κ1) is 12.6. The van der Waals surface area contributed by atoms with Crippen LogP contribution in [0.25, 0.3) is 0 Å². The summed E-state index contributed by atoms with van der Waals surface area (Å²) in [7, 11) is 1.36. The summed E-state index contributed by atoms with van der Waals surface area (Å²) in [4.78, 5) is 10.9. The molecule has 3 nitrogen and oxygen atoms in total. The zero-order chi connectivity index (χ0) is 12.0. The Morgan fingerprint density at radius 3 is 2.94 bits per heavy atom. The smallest absolute Gasteiger partial charge is 0.306 e. The minimum Gasteiger partial charge on any atom is -0.469 e. The number of halogens is 1. The van der Waals surface area contributed by atoms with Gasteiger partial charge in [-0.1, -0.05) is 12.1 Å². The first-order valence-electron chi connectivity index (χ1n) is 5.19. The Labute approximate surface area is 94.6 Å². The van der Waals surface area contributed by atoms with Crippen LogP contribution in [0, 0.1) is 5.82 Å². The third kappa shape index (κ3) is 3.98. The highest BCUT2D eigenvalue weighted by Crippen LogP contribution is 2.13. The SMILES string of the molecule is COC(=O)CCN[C@@H](C)c1cccc(F)c1. The van der Waals surface area contributed by atoms with E-state index in [-0.39, 0.29) is 17.8 Å². The Hall–Kier alpha value is -1.42. The minimum absolute atomic E-state index is 0.0142. The van der Waals surface area contributed by atoms with Crippen LogP contribution in [0.2, 0.25) is 0 Å². The predicted molar refractivity (Wildman–Crippen MR) is 59.5 cm³/mol. The van der Waals surface area contributed by atoms with E-state index in [0.29, 0.717) is 13.0 Å². The Morgan fingerprint density at radius 1 is 1.56 bits per heavy atom. The standard InChI is InChI=1S/C12H16FNO2/c1-9(14-7-6-12(15)16-2)10-4-3-5-11(13)8-10/h3-5,8-9,14H,6-7H2,1-2H3/t9-/m0/s1. The van der Waals surface area contributed by atoms with Crippen molar-refractivity contribution in [3.63, 3.8) is 0 Å². The maximum atomic E-state index is 12.9. The summed E-state index contributed by atoms with van der Waals surface area (Å²) in [5.41, 5.74) is 0.866. The van der Waals surface area contributed by atoms with Crippen molar-refractivity contribution < 1.29 is 13.9 Å². The second kappa shape index (κ2) is 6.23. The van der Waals surface area contributed by atoms with Crippen molar-refractivity contribution in [1.29, 1.82) is 0 Å². The molecular formula is C12H16FNO2. The van der Waals surface area contributed by atoms with Gasteiger partial charge in [0.05, 0.1) is 13.5 Å². The van der Waals surface area contributed by atoms with Crippen LogP contribution < -0.4 is 5.32 Å². The van der Waals surface area contributed by atoms with Gasteiger partial charge in [0.1, 0.15) is 5.82 Å². The third-order valence-corrected chi connectivity index (χ3v) is 2.36. The molecule has 4 heteroatoms. The zero-order valence-corrected chi connectivity index (χ0v) is 9.50. The van der Waals surface area contributed by atoms with E-state index in [1.165, 1.54) is 19.2 Å². The lowest BCUT2D eigenvalue weighted by molar-refractivity contribution is -0.140. The van der Waals surface area contributed by atoms with Gasteiger partial charge in [-0.25, -0.2) is 4.39 Å². The summed E-state index contributed by atoms with van der Waals surface area (Å²) in [6, 6.07) is 6.42. The van der Waals surface area contributed by atoms with Crippen LogP contribution >= 0.6 is 0 Å². The molecule has 0 saturated carbocycles. The number of hydrogen-bond donors (Lipinski definition) is 1. The monoisotopic (exact) mass is 225 g/mol. The molecule has 0 radical (unpaired) electrons. The van der Waals surface area contributed by atoms with Crippen LogP contribution in [0.3, 0.4) is 0 Å². The molecule has 88 valence electrons. The molecule has 0 aliphatic carbocycles. The number of carbonyl (C=O) groups excluding carboxylic acids is 1. The van der Waals surface area contributed by atoms with Crippen LogP contribution in [0.5, 0.6) is 0 Å². The van der Waals surface area contributed by atoms with Gasteiger partial charge in [-0.2, -0.15) is 0 Å². The summed E-state index contributed by atoms with van der Waals surface area (Å²) in [6.45, 7) is 2.44. The summed E-state index contributed by atoms with van der Waals surface area (Å²) >= 11 is 0. The summed E-state index contributed by atoms with van der Waals surface area (Å²) in [5.74, 6) is -0.502. The highest BCUT2D eigenvalue weighted by molar-refractivity contribution is 5.69. The molecule has 1 rings (SSSR count). The number of carbonyl (C=O) groups is 1. The van der Waals surface area contributed by atoms with E-state index in [2.05, 4.69) is 10.1 Å². The van der Waals surface area contributed by atoms with Crippen molar-refractivity contribution in [2.45, 2.75) is 19.4 Å². The number of rotatable bonds is 5. The number of ether oxygens (including phenoxy) is 1. The van der Waals surface area contributed by atoms with Gasteiger partial charge in [0, 0.05) is 12.6 Å². The molecule has 0 bridgehead atoms. The van der Waals surface area contributed by atoms with Gasteiger partial charge in [0.15, 0.2) is 0 Å². The first-order chi connectivity index (χ1) is 7.63. The van der Waals surface area contributed by atoms with Gasteiger partial charge in [-0.15, -0.1) is 0 Å². The Kier molecular flexibility index (Phi) is 4.92. The molecule has 0 aliphatic rings. The molecule has 0 saturated heterocycles. The van der Waals surface area contributed by atoms with E-state index in [4.69, 9.17) is 0 Å².